The van der Waals surface area contributed by atoms with Crippen molar-refractivity contribution < 1.29 is 23.9 Å². The minimum Gasteiger partial charge on any atom is -0.480 e. The van der Waals surface area contributed by atoms with Gasteiger partial charge in [0.25, 0.3) is 11.8 Å². The van der Waals surface area contributed by atoms with Crippen LogP contribution in [0.4, 0.5) is 10.1 Å². The molecule has 0 saturated heterocycles. The van der Waals surface area contributed by atoms with Gasteiger partial charge in [-0.2, -0.15) is 0 Å². The number of carbonyl (C=O) groups excluding carboxylic acids is 2. The summed E-state index contributed by atoms with van der Waals surface area (Å²) in [6.45, 7) is 3.48. The highest BCUT2D eigenvalue weighted by Gasteiger charge is 2.19. The molecule has 2 amide bonds. The summed E-state index contributed by atoms with van der Waals surface area (Å²) in [4.78, 5) is 37.2. The smallest absolute Gasteiger partial charge is 0.323 e. The zero-order chi connectivity index (χ0) is 20.0. The van der Waals surface area contributed by atoms with Gasteiger partial charge in [0.2, 0.25) is 0 Å². The minimum atomic E-state index is -1.10. The summed E-state index contributed by atoms with van der Waals surface area (Å²) in [5.41, 5.74) is 1.20. The normalized spacial score (nSPS) is 10.3. The summed E-state index contributed by atoms with van der Waals surface area (Å²) in [7, 11) is 0. The van der Waals surface area contributed by atoms with Crippen molar-refractivity contribution in [3.05, 3.63) is 65.0 Å². The molecule has 0 aliphatic heterocycles. The Labute approximate surface area is 156 Å². The van der Waals surface area contributed by atoms with Crippen LogP contribution in [0.1, 0.15) is 39.6 Å². The lowest BCUT2D eigenvalue weighted by Crippen LogP contribution is -2.36. The van der Waals surface area contributed by atoms with Crippen LogP contribution in [0.5, 0.6) is 0 Å². The molecule has 0 aliphatic rings. The first kappa shape index (κ1) is 20.1. The number of aliphatic carboxylic acids is 1. The average Bonchev–Trinajstić information content (AvgIpc) is 2.62. The summed E-state index contributed by atoms with van der Waals surface area (Å²) < 4.78 is 13.8. The van der Waals surface area contributed by atoms with Crippen LogP contribution in [0.15, 0.2) is 42.5 Å². The molecule has 0 heterocycles. The molecule has 2 rings (SSSR count). The number of anilines is 1. The molecule has 2 N–H and O–H groups in total. The van der Waals surface area contributed by atoms with Gasteiger partial charge in [0, 0.05) is 17.8 Å². The lowest BCUT2D eigenvalue weighted by molar-refractivity contribution is -0.137. The van der Waals surface area contributed by atoms with E-state index in [-0.39, 0.29) is 11.1 Å². The van der Waals surface area contributed by atoms with Gasteiger partial charge < -0.3 is 15.3 Å². The SMILES string of the molecule is CCCN(CC(=O)O)C(=O)c1ccc(C)c(NC(=O)c2ccccc2F)c1. The van der Waals surface area contributed by atoms with Crippen LogP contribution in [0.3, 0.4) is 0 Å². The number of hydrogen-bond donors (Lipinski definition) is 2. The number of nitrogens with zero attached hydrogens (tertiary/aromatic N) is 1. The number of benzene rings is 2. The van der Waals surface area contributed by atoms with E-state index < -0.39 is 30.1 Å². The van der Waals surface area contributed by atoms with E-state index in [1.165, 1.54) is 29.2 Å². The molecule has 0 unspecified atom stereocenters. The maximum absolute atomic E-state index is 13.8. The number of hydrogen-bond acceptors (Lipinski definition) is 3. The summed E-state index contributed by atoms with van der Waals surface area (Å²) in [6.07, 6.45) is 0.613. The number of rotatable bonds is 7. The highest BCUT2D eigenvalue weighted by molar-refractivity contribution is 6.05. The molecule has 0 bridgehead atoms. The third-order valence-electron chi connectivity index (χ3n) is 3.96. The zero-order valence-electron chi connectivity index (χ0n) is 15.2. The van der Waals surface area contributed by atoms with Crippen molar-refractivity contribution >= 4 is 23.5 Å². The second-order valence-corrected chi connectivity index (χ2v) is 6.08. The number of halogens is 1. The van der Waals surface area contributed by atoms with Crippen molar-refractivity contribution in [3.63, 3.8) is 0 Å². The largest absolute Gasteiger partial charge is 0.480 e. The van der Waals surface area contributed by atoms with Crippen molar-refractivity contribution in [1.82, 2.24) is 4.90 Å². The van der Waals surface area contributed by atoms with Gasteiger partial charge in [0.15, 0.2) is 0 Å². The molecular weight excluding hydrogens is 351 g/mol. The molecule has 2 aromatic carbocycles. The Kier molecular flexibility index (Phi) is 6.65. The van der Waals surface area contributed by atoms with E-state index in [1.54, 1.807) is 25.1 Å². The van der Waals surface area contributed by atoms with Gasteiger partial charge in [0.05, 0.1) is 5.56 Å². The Balaban J connectivity index is 2.27. The Bertz CT molecular complexity index is 867. The molecular formula is C20H21FN2O4. The molecule has 0 fully saturated rings. The Morgan fingerprint density at radius 2 is 1.85 bits per heavy atom. The van der Waals surface area contributed by atoms with E-state index in [9.17, 15) is 18.8 Å². The monoisotopic (exact) mass is 372 g/mol. The molecule has 6 nitrogen and oxygen atoms in total. The molecule has 0 radical (unpaired) electrons. The number of carboxylic acid groups (broad SMARTS) is 1. The predicted molar refractivity (Wildman–Crippen MR) is 99.4 cm³/mol. The maximum atomic E-state index is 13.8. The number of carboxylic acids is 1. The van der Waals surface area contributed by atoms with Gasteiger partial charge in [-0.15, -0.1) is 0 Å². The lowest BCUT2D eigenvalue weighted by atomic mass is 10.1. The van der Waals surface area contributed by atoms with Gasteiger partial charge in [-0.3, -0.25) is 14.4 Å². The van der Waals surface area contributed by atoms with Crippen LogP contribution >= 0.6 is 0 Å². The quantitative estimate of drug-likeness (QED) is 0.781. The van der Waals surface area contributed by atoms with Crippen LogP contribution in [0.2, 0.25) is 0 Å². The highest BCUT2D eigenvalue weighted by Crippen LogP contribution is 2.20. The highest BCUT2D eigenvalue weighted by atomic mass is 19.1. The fourth-order valence-electron chi connectivity index (χ4n) is 2.59. The fraction of sp³-hybridized carbons (Fsp3) is 0.250. The average molecular weight is 372 g/mol. The van der Waals surface area contributed by atoms with E-state index in [1.807, 2.05) is 6.92 Å². The minimum absolute atomic E-state index is 0.105. The molecule has 0 atom stereocenters. The lowest BCUT2D eigenvalue weighted by Gasteiger charge is -2.20. The van der Waals surface area contributed by atoms with Crippen molar-refractivity contribution in [2.75, 3.05) is 18.4 Å². The standard InChI is InChI=1S/C20H21FN2O4/c1-3-10-23(12-18(24)25)20(27)14-9-8-13(2)17(11-14)22-19(26)15-6-4-5-7-16(15)21/h4-9,11H,3,10,12H2,1-2H3,(H,22,26)(H,24,25). The maximum Gasteiger partial charge on any atom is 0.323 e. The molecule has 0 aromatic heterocycles. The van der Waals surface area contributed by atoms with Crippen molar-refractivity contribution in [2.24, 2.45) is 0 Å². The van der Waals surface area contributed by atoms with Crippen LogP contribution in [-0.2, 0) is 4.79 Å². The van der Waals surface area contributed by atoms with Crippen molar-refractivity contribution in [1.29, 1.82) is 0 Å². The number of amides is 2. The van der Waals surface area contributed by atoms with E-state index in [2.05, 4.69) is 5.32 Å². The zero-order valence-corrected chi connectivity index (χ0v) is 15.2. The van der Waals surface area contributed by atoms with Gasteiger partial charge >= 0.3 is 5.97 Å². The number of aryl methyl sites for hydroxylation is 1. The van der Waals surface area contributed by atoms with E-state index in [0.29, 0.717) is 24.2 Å². The first-order valence-corrected chi connectivity index (χ1v) is 8.51. The number of nitrogens with one attached hydrogen (secondary N) is 1. The summed E-state index contributed by atoms with van der Waals surface area (Å²) >= 11 is 0. The van der Waals surface area contributed by atoms with Crippen LogP contribution < -0.4 is 5.32 Å². The van der Waals surface area contributed by atoms with E-state index >= 15 is 0 Å². The van der Waals surface area contributed by atoms with Crippen LogP contribution in [0, 0.1) is 12.7 Å². The van der Waals surface area contributed by atoms with Crippen LogP contribution in [0.25, 0.3) is 0 Å². The summed E-state index contributed by atoms with van der Waals surface area (Å²) in [5, 5.41) is 11.6. The molecule has 7 heteroatoms. The van der Waals surface area contributed by atoms with Gasteiger partial charge in [-0.05, 0) is 43.2 Å². The topological polar surface area (TPSA) is 86.7 Å². The second kappa shape index (κ2) is 8.93. The molecule has 142 valence electrons. The molecule has 27 heavy (non-hydrogen) atoms. The van der Waals surface area contributed by atoms with Crippen molar-refractivity contribution in [3.8, 4) is 0 Å². The molecule has 0 spiro atoms. The third-order valence-corrected chi connectivity index (χ3v) is 3.96. The third kappa shape index (κ3) is 5.13. The first-order chi connectivity index (χ1) is 12.8. The Morgan fingerprint density at radius 3 is 2.48 bits per heavy atom. The Hall–Kier alpha value is -3.22. The van der Waals surface area contributed by atoms with Crippen LogP contribution in [-0.4, -0.2) is 40.9 Å². The van der Waals surface area contributed by atoms with Gasteiger partial charge in [0.1, 0.15) is 12.4 Å². The first-order valence-electron chi connectivity index (χ1n) is 8.51. The fourth-order valence-corrected chi connectivity index (χ4v) is 2.59. The molecule has 0 aliphatic carbocycles. The summed E-state index contributed by atoms with van der Waals surface area (Å²) in [5.74, 6) is -2.81. The van der Waals surface area contributed by atoms with E-state index in [4.69, 9.17) is 5.11 Å². The van der Waals surface area contributed by atoms with E-state index in [0.717, 1.165) is 0 Å². The molecule has 0 saturated carbocycles. The van der Waals surface area contributed by atoms with Gasteiger partial charge in [-0.1, -0.05) is 25.1 Å². The van der Waals surface area contributed by atoms with Crippen molar-refractivity contribution in [2.45, 2.75) is 20.3 Å². The molecule has 2 aromatic rings. The second-order valence-electron chi connectivity index (χ2n) is 6.08. The number of carbonyl (C=O) groups is 3. The van der Waals surface area contributed by atoms with Gasteiger partial charge in [-0.25, -0.2) is 4.39 Å². The summed E-state index contributed by atoms with van der Waals surface area (Å²) in [6, 6.07) is 10.3. The Morgan fingerprint density at radius 1 is 1.15 bits per heavy atom. The predicted octanol–water partition coefficient (Wildman–Crippen LogP) is 3.32.